The normalized spacial score (nSPS) is 15.4. The van der Waals surface area contributed by atoms with Crippen molar-refractivity contribution in [2.75, 3.05) is 7.11 Å². The summed E-state index contributed by atoms with van der Waals surface area (Å²) in [6.07, 6.45) is -22.8. The molecule has 0 aliphatic heterocycles. The number of alkyl halides is 15. The van der Waals surface area contributed by atoms with Crippen molar-refractivity contribution in [1.29, 1.82) is 0 Å². The summed E-state index contributed by atoms with van der Waals surface area (Å²) >= 11 is 0. The van der Waals surface area contributed by atoms with Gasteiger partial charge in [0, 0.05) is 0 Å². The van der Waals surface area contributed by atoms with Crippen LogP contribution in [-0.4, -0.2) is 55.2 Å². The fraction of sp³-hybridized carbons (Fsp3) is 0.800. The molecule has 0 aromatic rings. The minimum Gasteiger partial charge on any atom is -0.468 e. The molecule has 0 rings (SSSR count). The Morgan fingerprint density at radius 3 is 1.11 bits per heavy atom. The number of hydrogen-bond donors (Lipinski definition) is 0. The van der Waals surface area contributed by atoms with Gasteiger partial charge in [0.25, 0.3) is 0 Å². The van der Waals surface area contributed by atoms with Crippen molar-refractivity contribution in [3.05, 3.63) is 0 Å². The Labute approximate surface area is 142 Å². The maximum absolute atomic E-state index is 13.4. The van der Waals surface area contributed by atoms with E-state index in [1.54, 1.807) is 0 Å². The molecule has 0 unspecified atom stereocenters. The van der Waals surface area contributed by atoms with Gasteiger partial charge in [-0.25, -0.2) is 0 Å². The van der Waals surface area contributed by atoms with E-state index in [0.717, 1.165) is 0 Å². The van der Waals surface area contributed by atoms with Crippen molar-refractivity contribution in [3.63, 3.8) is 0 Å². The molecule has 0 atom stereocenters. The van der Waals surface area contributed by atoms with Crippen molar-refractivity contribution in [1.82, 2.24) is 0 Å². The first kappa shape index (κ1) is 26.1. The van der Waals surface area contributed by atoms with E-state index in [-0.39, 0.29) is 7.11 Å². The molecule has 0 saturated carbocycles. The second-order valence-electron chi connectivity index (χ2n) is 4.79. The number of esters is 1. The Balaban J connectivity index is 7.10. The average molecular weight is 456 g/mol. The standard InChI is InChI=1S/C10H3F15O3/c1-28-3(27)4(8(17,18)19,9(20,21)22)2(26)5(11,12)6(13,14)7(15,16)10(23,24)25/h1H3. The van der Waals surface area contributed by atoms with Gasteiger partial charge in [0.1, 0.15) is 0 Å². The Kier molecular flexibility index (Phi) is 6.12. The highest BCUT2D eigenvalue weighted by Crippen LogP contribution is 2.59. The molecular formula is C10H3F15O3. The van der Waals surface area contributed by atoms with E-state index >= 15 is 0 Å². The van der Waals surface area contributed by atoms with Gasteiger partial charge in [0.15, 0.2) is 0 Å². The predicted octanol–water partition coefficient (Wildman–Crippen LogP) is 4.31. The highest BCUT2D eigenvalue weighted by atomic mass is 19.4. The molecule has 0 aliphatic rings. The molecule has 18 heteroatoms. The molecule has 0 aliphatic carbocycles. The summed E-state index contributed by atoms with van der Waals surface area (Å²) in [5.41, 5.74) is -7.21. The third-order valence-electron chi connectivity index (χ3n) is 3.11. The lowest BCUT2D eigenvalue weighted by Crippen LogP contribution is -2.71. The third-order valence-corrected chi connectivity index (χ3v) is 3.11. The Hall–Kier alpha value is -1.91. The quantitative estimate of drug-likeness (QED) is 0.352. The van der Waals surface area contributed by atoms with Gasteiger partial charge in [-0.2, -0.15) is 65.9 Å². The second kappa shape index (κ2) is 6.57. The van der Waals surface area contributed by atoms with Gasteiger partial charge in [0.05, 0.1) is 7.11 Å². The lowest BCUT2D eigenvalue weighted by Gasteiger charge is -2.39. The van der Waals surface area contributed by atoms with E-state index in [2.05, 4.69) is 4.74 Å². The number of methoxy groups -OCH3 is 1. The molecule has 28 heavy (non-hydrogen) atoms. The number of Topliss-reactive ketones (excluding diaryl/α,β-unsaturated/α-hetero) is 1. The van der Waals surface area contributed by atoms with Gasteiger partial charge < -0.3 is 4.74 Å². The van der Waals surface area contributed by atoms with E-state index in [0.29, 0.717) is 0 Å². The number of ether oxygens (including phenoxy) is 1. The highest BCUT2D eigenvalue weighted by Gasteiger charge is 2.91. The van der Waals surface area contributed by atoms with Crippen LogP contribution in [0.15, 0.2) is 0 Å². The van der Waals surface area contributed by atoms with E-state index < -0.39 is 53.5 Å². The van der Waals surface area contributed by atoms with E-state index in [1.807, 2.05) is 0 Å². The lowest BCUT2D eigenvalue weighted by molar-refractivity contribution is -0.393. The number of ketones is 1. The molecule has 0 heterocycles. The molecular weight excluding hydrogens is 453 g/mol. The first-order valence-corrected chi connectivity index (χ1v) is 5.86. The summed E-state index contributed by atoms with van der Waals surface area (Å²) in [6, 6.07) is 0. The van der Waals surface area contributed by atoms with Crippen LogP contribution in [0.25, 0.3) is 0 Å². The summed E-state index contributed by atoms with van der Waals surface area (Å²) in [6.45, 7) is 0. The molecule has 0 bridgehead atoms. The van der Waals surface area contributed by atoms with E-state index in [9.17, 15) is 75.4 Å². The van der Waals surface area contributed by atoms with Crippen LogP contribution in [0.2, 0.25) is 0 Å². The number of carbonyl (C=O) groups is 2. The molecule has 166 valence electrons. The molecule has 0 aromatic heterocycles. The van der Waals surface area contributed by atoms with Crippen LogP contribution in [-0.2, 0) is 14.3 Å². The van der Waals surface area contributed by atoms with Gasteiger partial charge in [-0.3, -0.25) is 9.59 Å². The minimum atomic E-state index is -8.18. The smallest absolute Gasteiger partial charge is 0.460 e. The fourth-order valence-corrected chi connectivity index (χ4v) is 1.65. The maximum atomic E-state index is 13.4. The number of carbonyl (C=O) groups excluding carboxylic acids is 2. The summed E-state index contributed by atoms with van der Waals surface area (Å²) < 4.78 is 193. The average Bonchev–Trinajstić information content (AvgIpc) is 2.42. The number of hydrogen-bond acceptors (Lipinski definition) is 3. The van der Waals surface area contributed by atoms with Crippen molar-refractivity contribution >= 4 is 11.8 Å². The fourth-order valence-electron chi connectivity index (χ4n) is 1.65. The largest absolute Gasteiger partial charge is 0.468 e. The molecule has 0 radical (unpaired) electrons. The van der Waals surface area contributed by atoms with Gasteiger partial charge in [-0.15, -0.1) is 0 Å². The monoisotopic (exact) mass is 456 g/mol. The van der Waals surface area contributed by atoms with Gasteiger partial charge >= 0.3 is 47.7 Å². The third kappa shape index (κ3) is 3.23. The zero-order chi connectivity index (χ0) is 23.4. The topological polar surface area (TPSA) is 43.4 Å². The van der Waals surface area contributed by atoms with E-state index in [1.165, 1.54) is 0 Å². The number of halogens is 15. The van der Waals surface area contributed by atoms with Crippen LogP contribution < -0.4 is 0 Å². The van der Waals surface area contributed by atoms with Crippen LogP contribution in [0, 0.1) is 5.41 Å². The molecule has 0 aromatic carbocycles. The Bertz CT molecular complexity index is 609. The van der Waals surface area contributed by atoms with Crippen LogP contribution >= 0.6 is 0 Å². The summed E-state index contributed by atoms with van der Waals surface area (Å²) in [5, 5.41) is 0. The summed E-state index contributed by atoms with van der Waals surface area (Å²) in [5.74, 6) is -33.5. The van der Waals surface area contributed by atoms with Crippen LogP contribution in [0.1, 0.15) is 0 Å². The predicted molar refractivity (Wildman–Crippen MR) is 52.5 cm³/mol. The SMILES string of the molecule is COC(=O)C(C(=O)C(F)(F)C(F)(F)C(F)(F)C(F)(F)F)(C(F)(F)F)C(F)(F)F. The first-order valence-electron chi connectivity index (χ1n) is 5.86. The minimum absolute atomic E-state index is 0.373. The first-order chi connectivity index (χ1) is 11.9. The highest BCUT2D eigenvalue weighted by molar-refractivity contribution is 6.09. The van der Waals surface area contributed by atoms with Gasteiger partial charge in [-0.05, 0) is 0 Å². The van der Waals surface area contributed by atoms with Crippen LogP contribution in [0.3, 0.4) is 0 Å². The Morgan fingerprint density at radius 2 is 0.893 bits per heavy atom. The lowest BCUT2D eigenvalue weighted by atomic mass is 9.76. The molecule has 0 fully saturated rings. The maximum Gasteiger partial charge on any atom is 0.460 e. The van der Waals surface area contributed by atoms with Crippen molar-refractivity contribution < 1.29 is 80.2 Å². The number of rotatable bonds is 5. The zero-order valence-electron chi connectivity index (χ0n) is 12.4. The molecule has 0 amide bonds. The van der Waals surface area contributed by atoms with Gasteiger partial charge in [-0.1, -0.05) is 0 Å². The summed E-state index contributed by atoms with van der Waals surface area (Å²) in [4.78, 5) is 22.0. The van der Waals surface area contributed by atoms with Crippen LogP contribution in [0.5, 0.6) is 0 Å². The molecule has 0 saturated heterocycles. The molecule has 3 nitrogen and oxygen atoms in total. The van der Waals surface area contributed by atoms with Crippen molar-refractivity contribution in [3.8, 4) is 0 Å². The Morgan fingerprint density at radius 1 is 0.571 bits per heavy atom. The van der Waals surface area contributed by atoms with Gasteiger partial charge in [0.2, 0.25) is 5.78 Å². The van der Waals surface area contributed by atoms with Crippen LogP contribution in [0.4, 0.5) is 65.9 Å². The molecule has 0 N–H and O–H groups in total. The van der Waals surface area contributed by atoms with E-state index in [4.69, 9.17) is 0 Å². The van der Waals surface area contributed by atoms with Crippen molar-refractivity contribution in [2.24, 2.45) is 5.41 Å². The summed E-state index contributed by atoms with van der Waals surface area (Å²) in [7, 11) is -0.373. The molecule has 0 spiro atoms. The zero-order valence-corrected chi connectivity index (χ0v) is 12.4. The second-order valence-corrected chi connectivity index (χ2v) is 4.79. The van der Waals surface area contributed by atoms with Crippen molar-refractivity contribution in [2.45, 2.75) is 36.3 Å².